The molecule has 1 aliphatic heterocycles. The molecule has 7 rings (SSSR count). The quantitative estimate of drug-likeness (QED) is 0.130. The third-order valence-electron chi connectivity index (χ3n) is 9.54. The maximum Gasteiger partial charge on any atom is 0.330 e. The van der Waals surface area contributed by atoms with Crippen molar-refractivity contribution in [3.05, 3.63) is 168 Å². The van der Waals surface area contributed by atoms with E-state index in [1.807, 2.05) is 121 Å². The molecule has 0 saturated heterocycles. The van der Waals surface area contributed by atoms with Crippen LogP contribution in [0.4, 0.5) is 0 Å². The summed E-state index contributed by atoms with van der Waals surface area (Å²) in [5.74, 6) is 4.34. The van der Waals surface area contributed by atoms with Gasteiger partial charge in [-0.25, -0.2) is 0 Å². The number of para-hydroxylation sites is 4. The lowest BCUT2D eigenvalue weighted by molar-refractivity contribution is 0.417. The molecule has 6 aromatic carbocycles. The Balaban J connectivity index is 1.46. The van der Waals surface area contributed by atoms with Crippen LogP contribution >= 0.6 is 16.8 Å². The van der Waals surface area contributed by atoms with E-state index in [1.165, 1.54) is 11.1 Å². The Kier molecular flexibility index (Phi) is 10.5. The zero-order valence-electron chi connectivity index (χ0n) is 32.3. The monoisotopic (exact) mass is 754 g/mol. The summed E-state index contributed by atoms with van der Waals surface area (Å²) in [6.07, 6.45) is 0. The molecular formula is C47H48O5P2. The largest absolute Gasteiger partial charge is 0.455 e. The van der Waals surface area contributed by atoms with E-state index in [2.05, 4.69) is 79.7 Å². The molecule has 0 spiro atoms. The van der Waals surface area contributed by atoms with Crippen molar-refractivity contribution < 1.29 is 22.8 Å². The highest BCUT2D eigenvalue weighted by atomic mass is 31.2. The van der Waals surface area contributed by atoms with E-state index in [9.17, 15) is 0 Å². The van der Waals surface area contributed by atoms with Crippen LogP contribution < -0.4 is 33.4 Å². The molecule has 0 fully saturated rings. The summed E-state index contributed by atoms with van der Waals surface area (Å²) in [7, 11) is -3.46. The first-order chi connectivity index (χ1) is 25.8. The lowest BCUT2D eigenvalue weighted by Gasteiger charge is -2.39. The summed E-state index contributed by atoms with van der Waals surface area (Å²) in [6, 6.07) is 48.5. The van der Waals surface area contributed by atoms with Crippen LogP contribution in [0.1, 0.15) is 77.6 Å². The average Bonchev–Trinajstić information content (AvgIpc) is 3.15. The van der Waals surface area contributed by atoms with Gasteiger partial charge in [0, 0.05) is 16.5 Å². The molecule has 1 heterocycles. The Hall–Kier alpha value is -4.82. The number of rotatable bonds is 10. The molecule has 0 saturated carbocycles. The lowest BCUT2D eigenvalue weighted by Crippen LogP contribution is -2.33. The second kappa shape index (κ2) is 15.1. The van der Waals surface area contributed by atoms with Crippen molar-refractivity contribution in [1.82, 2.24) is 0 Å². The normalized spacial score (nSPS) is 13.4. The average molecular weight is 755 g/mol. The summed E-state index contributed by atoms with van der Waals surface area (Å²) in [4.78, 5) is 0. The van der Waals surface area contributed by atoms with Gasteiger partial charge in [-0.1, -0.05) is 140 Å². The van der Waals surface area contributed by atoms with Gasteiger partial charge in [0.25, 0.3) is 0 Å². The van der Waals surface area contributed by atoms with Gasteiger partial charge in [-0.15, -0.1) is 0 Å². The molecule has 6 aromatic rings. The van der Waals surface area contributed by atoms with E-state index in [-0.39, 0.29) is 10.8 Å². The molecule has 7 heteroatoms. The fourth-order valence-corrected chi connectivity index (χ4v) is 9.17. The number of hydrogen-bond donors (Lipinski definition) is 0. The van der Waals surface area contributed by atoms with E-state index in [0.717, 1.165) is 56.2 Å². The van der Waals surface area contributed by atoms with E-state index in [1.54, 1.807) is 0 Å². The van der Waals surface area contributed by atoms with Gasteiger partial charge in [0.1, 0.15) is 34.5 Å². The molecule has 0 aromatic heterocycles. The van der Waals surface area contributed by atoms with Crippen LogP contribution in [0.2, 0.25) is 0 Å². The van der Waals surface area contributed by atoms with E-state index in [0.29, 0.717) is 0 Å². The molecule has 0 unspecified atom stereocenters. The highest BCUT2D eigenvalue weighted by Crippen LogP contribution is 2.55. The van der Waals surface area contributed by atoms with E-state index in [4.69, 9.17) is 22.8 Å². The highest BCUT2D eigenvalue weighted by Gasteiger charge is 2.43. The molecular weight excluding hydrogens is 706 g/mol. The fraction of sp³-hybridized carbons (Fsp3) is 0.234. The van der Waals surface area contributed by atoms with Crippen LogP contribution in [-0.2, 0) is 16.2 Å². The molecule has 0 aliphatic carbocycles. The predicted octanol–water partition coefficient (Wildman–Crippen LogP) is 12.9. The Morgan fingerprint density at radius 3 is 0.963 bits per heavy atom. The summed E-state index contributed by atoms with van der Waals surface area (Å²) in [5.41, 5.74) is 3.68. The van der Waals surface area contributed by atoms with Crippen molar-refractivity contribution in [1.29, 1.82) is 0 Å². The number of benzene rings is 6. The first kappa shape index (κ1) is 37.5. The SMILES string of the molecule is CC(C)(C)c1cc(P(Oc2ccccc2)Oc2ccccc2)c2c(c1)C(C)(C)c1cc(C(C)(C)C)cc(P(Oc3ccccc3)Oc3ccccc3)c1O2. The second-order valence-corrected chi connectivity index (χ2v) is 18.8. The summed E-state index contributed by atoms with van der Waals surface area (Å²) in [6.45, 7) is 18.0. The van der Waals surface area contributed by atoms with Crippen molar-refractivity contribution in [2.75, 3.05) is 0 Å². The Morgan fingerprint density at radius 1 is 0.426 bits per heavy atom. The first-order valence-corrected chi connectivity index (χ1v) is 20.7. The molecule has 0 amide bonds. The molecule has 0 N–H and O–H groups in total. The van der Waals surface area contributed by atoms with Crippen LogP contribution in [0.25, 0.3) is 0 Å². The number of hydrogen-bond acceptors (Lipinski definition) is 5. The Bertz CT molecular complexity index is 1950. The van der Waals surface area contributed by atoms with Gasteiger partial charge in [0.2, 0.25) is 0 Å². The van der Waals surface area contributed by atoms with Gasteiger partial charge in [0.15, 0.2) is 0 Å². The molecule has 0 bridgehead atoms. The summed E-state index contributed by atoms with van der Waals surface area (Å²) >= 11 is 0. The molecule has 54 heavy (non-hydrogen) atoms. The minimum absolute atomic E-state index is 0.166. The van der Waals surface area contributed by atoms with Crippen molar-refractivity contribution in [3.63, 3.8) is 0 Å². The Morgan fingerprint density at radius 2 is 0.704 bits per heavy atom. The van der Waals surface area contributed by atoms with Crippen molar-refractivity contribution in [2.45, 2.75) is 71.6 Å². The minimum Gasteiger partial charge on any atom is -0.455 e. The third kappa shape index (κ3) is 8.14. The fourth-order valence-electron chi connectivity index (χ4n) is 6.30. The van der Waals surface area contributed by atoms with Crippen LogP contribution in [-0.4, -0.2) is 0 Å². The van der Waals surface area contributed by atoms with Gasteiger partial charge in [-0.3, -0.25) is 0 Å². The molecule has 0 atom stereocenters. The van der Waals surface area contributed by atoms with Crippen molar-refractivity contribution in [2.24, 2.45) is 0 Å². The summed E-state index contributed by atoms with van der Waals surface area (Å²) in [5, 5.41) is 1.73. The van der Waals surface area contributed by atoms with E-state index < -0.39 is 22.2 Å². The molecule has 1 aliphatic rings. The number of ether oxygens (including phenoxy) is 1. The molecule has 276 valence electrons. The van der Waals surface area contributed by atoms with Crippen LogP contribution in [0, 0.1) is 0 Å². The van der Waals surface area contributed by atoms with Gasteiger partial charge in [-0.05, 0) is 82.6 Å². The third-order valence-corrected chi connectivity index (χ3v) is 12.5. The van der Waals surface area contributed by atoms with Crippen LogP contribution in [0.5, 0.6) is 34.5 Å². The summed E-state index contributed by atoms with van der Waals surface area (Å²) < 4.78 is 34.6. The smallest absolute Gasteiger partial charge is 0.330 e. The van der Waals surface area contributed by atoms with Gasteiger partial charge in [0.05, 0.1) is 10.6 Å². The number of fused-ring (bicyclic) bond motifs is 2. The maximum absolute atomic E-state index is 7.34. The maximum atomic E-state index is 7.34. The van der Waals surface area contributed by atoms with E-state index >= 15 is 0 Å². The topological polar surface area (TPSA) is 46.2 Å². The second-order valence-electron chi connectivity index (χ2n) is 16.1. The van der Waals surface area contributed by atoms with Gasteiger partial charge < -0.3 is 22.8 Å². The van der Waals surface area contributed by atoms with Gasteiger partial charge >= 0.3 is 16.8 Å². The minimum atomic E-state index is -1.73. The lowest BCUT2D eigenvalue weighted by atomic mass is 9.72. The zero-order chi connectivity index (χ0) is 38.1. The predicted molar refractivity (Wildman–Crippen MR) is 224 cm³/mol. The van der Waals surface area contributed by atoms with Gasteiger partial charge in [-0.2, -0.15) is 0 Å². The first-order valence-electron chi connectivity index (χ1n) is 18.4. The Labute approximate surface area is 323 Å². The highest BCUT2D eigenvalue weighted by molar-refractivity contribution is 7.57. The molecule has 0 radical (unpaired) electrons. The molecule has 5 nitrogen and oxygen atoms in total. The zero-order valence-corrected chi connectivity index (χ0v) is 34.1. The van der Waals surface area contributed by atoms with Crippen LogP contribution in [0.15, 0.2) is 146 Å². The van der Waals surface area contributed by atoms with Crippen molar-refractivity contribution >= 4 is 27.4 Å². The van der Waals surface area contributed by atoms with Crippen molar-refractivity contribution in [3.8, 4) is 34.5 Å². The van der Waals surface area contributed by atoms with Crippen LogP contribution in [0.3, 0.4) is 0 Å². The standard InChI is InChI=1S/C47H48O5P2/c1-45(2,3)33-29-39-43(41(31-33)53(49-35-21-13-9-14-22-35)50-36-23-15-10-16-24-36)48-44-40(47(39,7)8)30-34(46(4,5)6)32-42(44)54(51-37-25-17-11-18-26-37)52-38-27-19-12-20-28-38/h9-32H,1-8H3.